The molecule has 108 valence electrons. The van der Waals surface area contributed by atoms with E-state index < -0.39 is 17.5 Å². The molecule has 0 atom stereocenters. The molecule has 2 rings (SSSR count). The number of thiophene rings is 1. The van der Waals surface area contributed by atoms with Crippen LogP contribution < -0.4 is 5.73 Å². The van der Waals surface area contributed by atoms with E-state index in [4.69, 9.17) is 15.9 Å². The summed E-state index contributed by atoms with van der Waals surface area (Å²) >= 11 is 1.26. The van der Waals surface area contributed by atoms with Crippen molar-refractivity contribution in [3.05, 3.63) is 63.6 Å². The van der Waals surface area contributed by atoms with Crippen LogP contribution in [0, 0.1) is 0 Å². The number of allylic oxidation sites excluding steroid dienone is 1. The minimum atomic E-state index is -1.53. The third-order valence-corrected chi connectivity index (χ3v) is 3.85. The number of carbonyl (C=O) groups excluding carboxylic acids is 1. The normalized spacial score (nSPS) is 11.3. The number of aliphatic carboxylic acids is 1. The number of nitrogen functional groups attached to an aromatic ring is 1. The number of ketones is 1. The zero-order valence-corrected chi connectivity index (χ0v) is 11.8. The Morgan fingerprint density at radius 3 is 2.38 bits per heavy atom. The molecule has 0 aliphatic rings. The zero-order chi connectivity index (χ0) is 15.4. The van der Waals surface area contributed by atoms with Crippen LogP contribution in [0.5, 0.6) is 0 Å². The van der Waals surface area contributed by atoms with E-state index in [1.54, 1.807) is 12.1 Å². The van der Waals surface area contributed by atoms with Gasteiger partial charge in [0.2, 0.25) is 5.76 Å². The lowest BCUT2D eigenvalue weighted by Crippen LogP contribution is -2.02. The highest BCUT2D eigenvalue weighted by molar-refractivity contribution is 7.14. The molecule has 0 amide bonds. The fourth-order valence-corrected chi connectivity index (χ4v) is 2.65. The van der Waals surface area contributed by atoms with Crippen molar-refractivity contribution in [2.24, 2.45) is 0 Å². The number of benzene rings is 1. The molecule has 0 aliphatic heterocycles. The van der Waals surface area contributed by atoms with E-state index in [-0.39, 0.29) is 0 Å². The van der Waals surface area contributed by atoms with Crippen LogP contribution >= 0.6 is 11.3 Å². The summed E-state index contributed by atoms with van der Waals surface area (Å²) < 4.78 is 0. The lowest BCUT2D eigenvalue weighted by Gasteiger charge is -1.99. The monoisotopic (exact) mass is 303 g/mol. The highest BCUT2D eigenvalue weighted by Gasteiger charge is 2.12. The fraction of sp³-hybridized carbons (Fsp3) is 0.0667. The van der Waals surface area contributed by atoms with Gasteiger partial charge in [0.1, 0.15) is 0 Å². The van der Waals surface area contributed by atoms with Crippen LogP contribution in [-0.2, 0) is 11.2 Å². The smallest absolute Gasteiger partial charge is 0.371 e. The van der Waals surface area contributed by atoms with Gasteiger partial charge in [-0.1, -0.05) is 12.1 Å². The Hall–Kier alpha value is -2.60. The van der Waals surface area contributed by atoms with Gasteiger partial charge in [-0.3, -0.25) is 4.79 Å². The first-order valence-corrected chi connectivity index (χ1v) is 6.89. The predicted octanol–water partition coefficient (Wildman–Crippen LogP) is 2.63. The Morgan fingerprint density at radius 1 is 1.10 bits per heavy atom. The number of nitrogens with two attached hydrogens (primary N) is 1. The number of hydrogen-bond donors (Lipinski definition) is 3. The van der Waals surface area contributed by atoms with Gasteiger partial charge in [-0.15, -0.1) is 11.3 Å². The summed E-state index contributed by atoms with van der Waals surface area (Å²) in [4.78, 5) is 23.6. The number of aliphatic hydroxyl groups is 1. The molecular weight excluding hydrogens is 290 g/mol. The molecule has 6 heteroatoms. The van der Waals surface area contributed by atoms with E-state index in [9.17, 15) is 9.59 Å². The highest BCUT2D eigenvalue weighted by Crippen LogP contribution is 2.21. The van der Waals surface area contributed by atoms with Gasteiger partial charge in [0.25, 0.3) is 0 Å². The third-order valence-electron chi connectivity index (χ3n) is 2.75. The Balaban J connectivity index is 2.11. The summed E-state index contributed by atoms with van der Waals surface area (Å²) in [6.45, 7) is 0. The van der Waals surface area contributed by atoms with Crippen LogP contribution in [0.15, 0.2) is 48.2 Å². The third kappa shape index (κ3) is 3.93. The first-order valence-electron chi connectivity index (χ1n) is 6.07. The number of rotatable bonds is 5. The van der Waals surface area contributed by atoms with Crippen molar-refractivity contribution in [2.75, 3.05) is 5.73 Å². The Labute approximate surface area is 125 Å². The molecule has 0 fully saturated rings. The van der Waals surface area contributed by atoms with Crippen molar-refractivity contribution in [3.8, 4) is 0 Å². The molecule has 4 N–H and O–H groups in total. The lowest BCUT2D eigenvalue weighted by atomic mass is 10.1. The molecule has 0 saturated carbocycles. The van der Waals surface area contributed by atoms with Gasteiger partial charge < -0.3 is 15.9 Å². The first-order chi connectivity index (χ1) is 9.95. The average molecular weight is 303 g/mol. The molecular formula is C15H13NO4S. The SMILES string of the molecule is Nc1ccc(Cc2ccc(C(=O)C=C(O)C(=O)O)s2)cc1. The van der Waals surface area contributed by atoms with Crippen LogP contribution in [-0.4, -0.2) is 22.0 Å². The Kier molecular flexibility index (Phi) is 4.39. The van der Waals surface area contributed by atoms with Gasteiger partial charge in [0.15, 0.2) is 5.78 Å². The Morgan fingerprint density at radius 2 is 1.76 bits per heavy atom. The van der Waals surface area contributed by atoms with Gasteiger partial charge in [-0.25, -0.2) is 4.79 Å². The van der Waals surface area contributed by atoms with E-state index in [2.05, 4.69) is 0 Å². The van der Waals surface area contributed by atoms with Gasteiger partial charge >= 0.3 is 5.97 Å². The van der Waals surface area contributed by atoms with E-state index >= 15 is 0 Å². The van der Waals surface area contributed by atoms with Crippen molar-refractivity contribution in [1.82, 2.24) is 0 Å². The predicted molar refractivity (Wildman–Crippen MR) is 80.7 cm³/mol. The summed E-state index contributed by atoms with van der Waals surface area (Å²) in [7, 11) is 0. The topological polar surface area (TPSA) is 101 Å². The summed E-state index contributed by atoms with van der Waals surface area (Å²) in [5.41, 5.74) is 7.37. The summed E-state index contributed by atoms with van der Waals surface area (Å²) in [5, 5.41) is 17.6. The molecule has 5 nitrogen and oxygen atoms in total. The molecule has 0 saturated heterocycles. The zero-order valence-electron chi connectivity index (χ0n) is 10.9. The van der Waals surface area contributed by atoms with Gasteiger partial charge in [-0.2, -0.15) is 0 Å². The Bertz CT molecular complexity index is 701. The van der Waals surface area contributed by atoms with E-state index in [0.717, 1.165) is 10.4 Å². The number of aliphatic hydroxyl groups excluding tert-OH is 1. The van der Waals surface area contributed by atoms with E-state index in [1.165, 1.54) is 11.3 Å². The molecule has 0 radical (unpaired) electrons. The highest BCUT2D eigenvalue weighted by atomic mass is 32.1. The number of carboxylic acid groups (broad SMARTS) is 1. The summed E-state index contributed by atoms with van der Waals surface area (Å²) in [6.07, 6.45) is 1.37. The molecule has 1 aromatic carbocycles. The maximum absolute atomic E-state index is 11.8. The molecule has 21 heavy (non-hydrogen) atoms. The number of anilines is 1. The first kappa shape index (κ1) is 14.8. The van der Waals surface area contributed by atoms with E-state index in [0.29, 0.717) is 23.1 Å². The van der Waals surface area contributed by atoms with Gasteiger partial charge in [0, 0.05) is 23.1 Å². The second-order valence-corrected chi connectivity index (χ2v) is 5.55. The van der Waals surface area contributed by atoms with Crippen LogP contribution in [0.4, 0.5) is 5.69 Å². The molecule has 1 heterocycles. The quantitative estimate of drug-likeness (QED) is 0.341. The maximum Gasteiger partial charge on any atom is 0.371 e. The van der Waals surface area contributed by atoms with E-state index in [1.807, 2.05) is 24.3 Å². The van der Waals surface area contributed by atoms with Crippen molar-refractivity contribution < 1.29 is 19.8 Å². The van der Waals surface area contributed by atoms with Crippen LogP contribution in [0.25, 0.3) is 0 Å². The van der Waals surface area contributed by atoms with Crippen molar-refractivity contribution in [3.63, 3.8) is 0 Å². The summed E-state index contributed by atoms with van der Waals surface area (Å²) in [6, 6.07) is 10.9. The fourth-order valence-electron chi connectivity index (χ4n) is 1.70. The minimum Gasteiger partial charge on any atom is -0.502 e. The summed E-state index contributed by atoms with van der Waals surface area (Å²) in [5.74, 6) is -3.01. The molecule has 0 bridgehead atoms. The molecule has 1 aromatic heterocycles. The van der Waals surface area contributed by atoms with Crippen molar-refractivity contribution >= 4 is 28.8 Å². The molecule has 0 spiro atoms. The number of carboxylic acids is 1. The largest absolute Gasteiger partial charge is 0.502 e. The van der Waals surface area contributed by atoms with Crippen molar-refractivity contribution in [2.45, 2.75) is 6.42 Å². The number of carbonyl (C=O) groups is 2. The molecule has 0 unspecified atom stereocenters. The van der Waals surface area contributed by atoms with Crippen LogP contribution in [0.3, 0.4) is 0 Å². The van der Waals surface area contributed by atoms with Crippen molar-refractivity contribution in [1.29, 1.82) is 0 Å². The minimum absolute atomic E-state index is 0.383. The second-order valence-electron chi connectivity index (χ2n) is 4.38. The number of hydrogen-bond acceptors (Lipinski definition) is 5. The van der Waals surface area contributed by atoms with Gasteiger partial charge in [-0.05, 0) is 29.8 Å². The molecule has 2 aromatic rings. The van der Waals surface area contributed by atoms with Crippen LogP contribution in [0.1, 0.15) is 20.1 Å². The lowest BCUT2D eigenvalue weighted by molar-refractivity contribution is -0.135. The van der Waals surface area contributed by atoms with Crippen LogP contribution in [0.2, 0.25) is 0 Å². The standard InChI is InChI=1S/C15H13NO4S/c16-10-3-1-9(2-4-10)7-11-5-6-14(21-11)12(17)8-13(18)15(19)20/h1-6,8,18H,7,16H2,(H,19,20). The second kappa shape index (κ2) is 6.23. The molecule has 0 aliphatic carbocycles. The average Bonchev–Trinajstić information content (AvgIpc) is 2.90. The maximum atomic E-state index is 11.8. The van der Waals surface area contributed by atoms with Gasteiger partial charge in [0.05, 0.1) is 4.88 Å².